The summed E-state index contributed by atoms with van der Waals surface area (Å²) in [4.78, 5) is 28.2. The number of piperazine rings is 1. The van der Waals surface area contributed by atoms with Crippen LogP contribution in [0.3, 0.4) is 0 Å². The summed E-state index contributed by atoms with van der Waals surface area (Å²) in [6.45, 7) is 4.09. The summed E-state index contributed by atoms with van der Waals surface area (Å²) in [5.74, 6) is 0.0407. The molecule has 2 aliphatic rings. The number of nitrogens with one attached hydrogen (secondary N) is 1. The maximum atomic E-state index is 12.9. The average molecular weight is 388 g/mol. The molecule has 0 aromatic heterocycles. The van der Waals surface area contributed by atoms with E-state index in [4.69, 9.17) is 4.74 Å². The lowest BCUT2D eigenvalue weighted by atomic mass is 9.98. The van der Waals surface area contributed by atoms with Crippen LogP contribution in [0, 0.1) is 23.1 Å². The number of halogens is 1. The van der Waals surface area contributed by atoms with Crippen molar-refractivity contribution in [1.82, 2.24) is 15.1 Å². The van der Waals surface area contributed by atoms with Gasteiger partial charge in [0.1, 0.15) is 17.1 Å². The first kappa shape index (κ1) is 20.1. The highest BCUT2D eigenvalue weighted by atomic mass is 19.1. The lowest BCUT2D eigenvalue weighted by Crippen LogP contribution is -2.54. The van der Waals surface area contributed by atoms with Gasteiger partial charge in [-0.2, -0.15) is 5.26 Å². The van der Waals surface area contributed by atoms with Crippen LogP contribution in [-0.2, 0) is 9.59 Å². The molecule has 7 nitrogen and oxygen atoms in total. The third kappa shape index (κ3) is 5.20. The third-order valence-electron chi connectivity index (χ3n) is 5.29. The molecule has 1 unspecified atom stereocenters. The van der Waals surface area contributed by atoms with Gasteiger partial charge in [0.05, 0.1) is 12.6 Å². The minimum absolute atomic E-state index is 0.103. The molecular formula is C20H25FN4O3. The minimum Gasteiger partial charge on any atom is -0.484 e. The highest BCUT2D eigenvalue weighted by molar-refractivity contribution is 5.80. The Balaban J connectivity index is 1.39. The van der Waals surface area contributed by atoms with Crippen molar-refractivity contribution in [3.63, 3.8) is 0 Å². The number of benzene rings is 1. The summed E-state index contributed by atoms with van der Waals surface area (Å²) < 4.78 is 18.3. The van der Waals surface area contributed by atoms with Crippen LogP contribution in [0.1, 0.15) is 19.8 Å². The Bertz CT molecular complexity index is 752. The van der Waals surface area contributed by atoms with Crippen molar-refractivity contribution in [1.29, 1.82) is 5.26 Å². The summed E-state index contributed by atoms with van der Waals surface area (Å²) in [6, 6.07) is 7.75. The van der Waals surface area contributed by atoms with E-state index in [-0.39, 0.29) is 36.7 Å². The van der Waals surface area contributed by atoms with Crippen LogP contribution in [0.25, 0.3) is 0 Å². The Labute approximate surface area is 164 Å². The molecule has 1 N–H and O–H groups in total. The molecule has 1 aliphatic heterocycles. The number of hydrogen-bond acceptors (Lipinski definition) is 5. The Kier molecular flexibility index (Phi) is 6.15. The number of hydrogen-bond donors (Lipinski definition) is 1. The van der Waals surface area contributed by atoms with Crippen LogP contribution >= 0.6 is 0 Å². The fourth-order valence-corrected chi connectivity index (χ4v) is 3.34. The molecule has 2 fully saturated rings. The van der Waals surface area contributed by atoms with E-state index in [0.29, 0.717) is 31.9 Å². The second-order valence-corrected chi connectivity index (χ2v) is 7.54. The number of nitrogens with zero attached hydrogens (tertiary/aromatic N) is 3. The predicted octanol–water partition coefficient (Wildman–Crippen LogP) is 1.16. The normalized spacial score (nSPS) is 19.4. The molecule has 0 bridgehead atoms. The molecule has 3 rings (SSSR count). The number of amides is 2. The summed E-state index contributed by atoms with van der Waals surface area (Å²) >= 11 is 0. The van der Waals surface area contributed by atoms with Crippen LogP contribution in [0.4, 0.5) is 4.39 Å². The summed E-state index contributed by atoms with van der Waals surface area (Å²) in [5.41, 5.74) is -0.785. The van der Waals surface area contributed by atoms with E-state index < -0.39 is 5.54 Å². The number of rotatable bonds is 7. The van der Waals surface area contributed by atoms with Crippen LogP contribution < -0.4 is 10.1 Å². The molecule has 0 radical (unpaired) electrons. The lowest BCUT2D eigenvalue weighted by molar-refractivity contribution is -0.135. The van der Waals surface area contributed by atoms with E-state index >= 15 is 0 Å². The Morgan fingerprint density at radius 3 is 2.46 bits per heavy atom. The number of nitriles is 1. The average Bonchev–Trinajstić information content (AvgIpc) is 3.53. The zero-order chi connectivity index (χ0) is 20.1. The van der Waals surface area contributed by atoms with Crippen LogP contribution in [0.5, 0.6) is 5.75 Å². The zero-order valence-electron chi connectivity index (χ0n) is 16.0. The molecule has 1 atom stereocenters. The maximum absolute atomic E-state index is 12.9. The molecule has 1 saturated heterocycles. The van der Waals surface area contributed by atoms with Gasteiger partial charge >= 0.3 is 0 Å². The summed E-state index contributed by atoms with van der Waals surface area (Å²) in [7, 11) is 0. The summed E-state index contributed by atoms with van der Waals surface area (Å²) in [5, 5.41) is 12.2. The van der Waals surface area contributed by atoms with E-state index in [0.717, 1.165) is 12.8 Å². The monoisotopic (exact) mass is 388 g/mol. The standard InChI is InChI=1S/C20H25FN4O3/c1-20(14-22,15-2-3-15)23-18(26)12-24-8-10-25(11-9-24)19(27)13-28-17-6-4-16(21)5-7-17/h4-7,15H,2-3,8-13H2,1H3,(H,23,26). The van der Waals surface area contributed by atoms with E-state index in [1.807, 2.05) is 4.90 Å². The maximum Gasteiger partial charge on any atom is 0.260 e. The van der Waals surface area contributed by atoms with Crippen molar-refractivity contribution >= 4 is 11.8 Å². The topological polar surface area (TPSA) is 85.7 Å². The molecule has 2 amide bonds. The van der Waals surface area contributed by atoms with E-state index in [9.17, 15) is 19.2 Å². The Hall–Kier alpha value is -2.66. The molecule has 1 aromatic carbocycles. The van der Waals surface area contributed by atoms with Gasteiger partial charge in [-0.15, -0.1) is 0 Å². The number of carbonyl (C=O) groups is 2. The highest BCUT2D eigenvalue weighted by Crippen LogP contribution is 2.39. The molecule has 1 aliphatic carbocycles. The van der Waals surface area contributed by atoms with Gasteiger partial charge in [0.2, 0.25) is 5.91 Å². The van der Waals surface area contributed by atoms with Crippen molar-refractivity contribution < 1.29 is 18.7 Å². The molecule has 1 heterocycles. The number of ether oxygens (including phenoxy) is 1. The third-order valence-corrected chi connectivity index (χ3v) is 5.29. The van der Waals surface area contributed by atoms with E-state index in [1.165, 1.54) is 24.3 Å². The van der Waals surface area contributed by atoms with Crippen LogP contribution in [0.2, 0.25) is 0 Å². The lowest BCUT2D eigenvalue weighted by Gasteiger charge is -2.34. The van der Waals surface area contributed by atoms with Gasteiger partial charge in [-0.3, -0.25) is 14.5 Å². The molecule has 0 spiro atoms. The molecule has 28 heavy (non-hydrogen) atoms. The SMILES string of the molecule is CC(C#N)(NC(=O)CN1CCN(C(=O)COc2ccc(F)cc2)CC1)C1CC1. The highest BCUT2D eigenvalue weighted by Gasteiger charge is 2.43. The van der Waals surface area contributed by atoms with Gasteiger partial charge < -0.3 is 15.0 Å². The van der Waals surface area contributed by atoms with Crippen LogP contribution in [-0.4, -0.2) is 66.5 Å². The predicted molar refractivity (Wildman–Crippen MR) is 99.8 cm³/mol. The fourth-order valence-electron chi connectivity index (χ4n) is 3.34. The Morgan fingerprint density at radius 1 is 1.25 bits per heavy atom. The second kappa shape index (κ2) is 8.57. The second-order valence-electron chi connectivity index (χ2n) is 7.54. The van der Waals surface area contributed by atoms with Gasteiger partial charge in [0.15, 0.2) is 6.61 Å². The molecule has 150 valence electrons. The minimum atomic E-state index is -0.785. The Morgan fingerprint density at radius 2 is 1.89 bits per heavy atom. The molecule has 1 saturated carbocycles. The van der Waals surface area contributed by atoms with Crippen molar-refractivity contribution in [3.05, 3.63) is 30.1 Å². The van der Waals surface area contributed by atoms with Crippen molar-refractivity contribution in [2.45, 2.75) is 25.3 Å². The quantitative estimate of drug-likeness (QED) is 0.758. The smallest absolute Gasteiger partial charge is 0.260 e. The molecular weight excluding hydrogens is 363 g/mol. The van der Waals surface area contributed by atoms with E-state index in [1.54, 1.807) is 11.8 Å². The first-order valence-corrected chi connectivity index (χ1v) is 9.50. The van der Waals surface area contributed by atoms with Crippen molar-refractivity contribution in [2.75, 3.05) is 39.3 Å². The first-order valence-electron chi connectivity index (χ1n) is 9.50. The van der Waals surface area contributed by atoms with Crippen molar-refractivity contribution in [3.8, 4) is 11.8 Å². The molecule has 1 aromatic rings. The zero-order valence-corrected chi connectivity index (χ0v) is 16.0. The van der Waals surface area contributed by atoms with Gasteiger partial charge in [0, 0.05) is 26.2 Å². The first-order chi connectivity index (χ1) is 13.4. The van der Waals surface area contributed by atoms with Crippen LogP contribution in [0.15, 0.2) is 24.3 Å². The molecule has 8 heteroatoms. The fraction of sp³-hybridized carbons (Fsp3) is 0.550. The largest absolute Gasteiger partial charge is 0.484 e. The van der Waals surface area contributed by atoms with Gasteiger partial charge in [-0.1, -0.05) is 0 Å². The number of carbonyl (C=O) groups excluding carboxylic acids is 2. The van der Waals surface area contributed by atoms with Gasteiger partial charge in [-0.05, 0) is 49.9 Å². The van der Waals surface area contributed by atoms with Gasteiger partial charge in [0.25, 0.3) is 5.91 Å². The van der Waals surface area contributed by atoms with Crippen molar-refractivity contribution in [2.24, 2.45) is 5.92 Å². The van der Waals surface area contributed by atoms with E-state index in [2.05, 4.69) is 11.4 Å². The summed E-state index contributed by atoms with van der Waals surface area (Å²) in [6.07, 6.45) is 1.95. The van der Waals surface area contributed by atoms with Gasteiger partial charge in [-0.25, -0.2) is 4.39 Å².